The van der Waals surface area contributed by atoms with E-state index in [2.05, 4.69) is 6.58 Å². The van der Waals surface area contributed by atoms with E-state index in [9.17, 15) is 4.39 Å². The van der Waals surface area contributed by atoms with Gasteiger partial charge < -0.3 is 5.73 Å². The molecule has 0 fully saturated rings. The lowest BCUT2D eigenvalue weighted by molar-refractivity contribution is 0.630. The van der Waals surface area contributed by atoms with Crippen LogP contribution in [0.3, 0.4) is 0 Å². The van der Waals surface area contributed by atoms with Crippen molar-refractivity contribution in [3.63, 3.8) is 0 Å². The van der Waals surface area contributed by atoms with Gasteiger partial charge in [-0.25, -0.2) is 4.39 Å². The third-order valence-electron chi connectivity index (χ3n) is 2.44. The van der Waals surface area contributed by atoms with Crippen LogP contribution in [0.5, 0.6) is 0 Å². The van der Waals surface area contributed by atoms with Crippen molar-refractivity contribution in [2.24, 2.45) is 5.73 Å². The minimum atomic E-state index is -0.200. The summed E-state index contributed by atoms with van der Waals surface area (Å²) in [6, 6.07) is 6.82. The van der Waals surface area contributed by atoms with E-state index >= 15 is 0 Å². The van der Waals surface area contributed by atoms with Gasteiger partial charge in [-0.15, -0.1) is 17.9 Å². The van der Waals surface area contributed by atoms with Crippen LogP contribution in [0.1, 0.15) is 24.3 Å². The Morgan fingerprint density at radius 3 is 2.94 bits per heavy atom. The summed E-state index contributed by atoms with van der Waals surface area (Å²) in [5.74, 6) is -0.200. The summed E-state index contributed by atoms with van der Waals surface area (Å²) in [4.78, 5) is 1.09. The Kier molecular flexibility index (Phi) is 3.08. The number of thiophene rings is 1. The second kappa shape index (κ2) is 4.36. The molecule has 1 unspecified atom stereocenters. The zero-order valence-corrected chi connectivity index (χ0v) is 9.98. The quantitative estimate of drug-likeness (QED) is 0.799. The maximum atomic E-state index is 13.0. The molecule has 1 nitrogen and oxygen atoms in total. The fourth-order valence-corrected chi connectivity index (χ4v) is 2.78. The fourth-order valence-electron chi connectivity index (χ4n) is 1.68. The maximum Gasteiger partial charge on any atom is 0.124 e. The van der Waals surface area contributed by atoms with Crippen molar-refractivity contribution < 1.29 is 4.39 Å². The molecule has 1 heterocycles. The van der Waals surface area contributed by atoms with Gasteiger partial charge in [0.1, 0.15) is 5.82 Å². The zero-order valence-electron chi connectivity index (χ0n) is 9.16. The predicted octanol–water partition coefficient (Wildman–Crippen LogP) is 4.01. The van der Waals surface area contributed by atoms with Crippen molar-refractivity contribution in [1.29, 1.82) is 0 Å². The van der Waals surface area contributed by atoms with Gasteiger partial charge in [0.05, 0.1) is 0 Å². The average Bonchev–Trinajstić information content (AvgIpc) is 2.59. The van der Waals surface area contributed by atoms with Crippen LogP contribution >= 0.6 is 11.3 Å². The summed E-state index contributed by atoms with van der Waals surface area (Å²) in [5, 5.41) is 1.05. The molecule has 0 aliphatic carbocycles. The van der Waals surface area contributed by atoms with Crippen LogP contribution in [0.2, 0.25) is 0 Å². The van der Waals surface area contributed by atoms with Gasteiger partial charge >= 0.3 is 0 Å². The van der Waals surface area contributed by atoms with Crippen LogP contribution in [-0.2, 0) is 0 Å². The van der Waals surface area contributed by atoms with E-state index in [-0.39, 0.29) is 11.9 Å². The standard InChI is InChI=1S/C13H14FNS/c1-8(2)5-11(15)13-6-9-3-4-10(14)7-12(9)16-13/h3-4,6-7,11H,1,5,15H2,2H3. The smallest absolute Gasteiger partial charge is 0.124 e. The topological polar surface area (TPSA) is 26.0 Å². The van der Waals surface area contributed by atoms with Gasteiger partial charge in [-0.3, -0.25) is 0 Å². The van der Waals surface area contributed by atoms with Crippen molar-refractivity contribution in [2.75, 3.05) is 0 Å². The Balaban J connectivity index is 2.35. The second-order valence-electron chi connectivity index (χ2n) is 4.10. The van der Waals surface area contributed by atoms with Crippen molar-refractivity contribution in [3.8, 4) is 0 Å². The highest BCUT2D eigenvalue weighted by molar-refractivity contribution is 7.19. The first-order chi connectivity index (χ1) is 7.56. The van der Waals surface area contributed by atoms with Gasteiger partial charge in [-0.05, 0) is 36.9 Å². The number of nitrogens with two attached hydrogens (primary N) is 1. The molecule has 2 aromatic rings. The molecule has 16 heavy (non-hydrogen) atoms. The molecule has 1 atom stereocenters. The lowest BCUT2D eigenvalue weighted by atomic mass is 10.1. The molecular weight excluding hydrogens is 221 g/mol. The molecule has 0 saturated carbocycles. The molecule has 0 radical (unpaired) electrons. The molecule has 0 spiro atoms. The SMILES string of the molecule is C=C(C)CC(N)c1cc2ccc(F)cc2s1. The van der Waals surface area contributed by atoms with Crippen LogP contribution in [0.15, 0.2) is 36.4 Å². The minimum Gasteiger partial charge on any atom is -0.323 e. The van der Waals surface area contributed by atoms with E-state index in [0.717, 1.165) is 27.0 Å². The maximum absolute atomic E-state index is 13.0. The first-order valence-corrected chi connectivity index (χ1v) is 5.97. The molecule has 1 aromatic heterocycles. The van der Waals surface area contributed by atoms with E-state index in [4.69, 9.17) is 5.73 Å². The molecule has 84 valence electrons. The molecule has 2 N–H and O–H groups in total. The monoisotopic (exact) mass is 235 g/mol. The van der Waals surface area contributed by atoms with Crippen LogP contribution in [0, 0.1) is 5.82 Å². The van der Waals surface area contributed by atoms with Crippen molar-refractivity contribution in [1.82, 2.24) is 0 Å². The number of benzene rings is 1. The Morgan fingerprint density at radius 2 is 2.25 bits per heavy atom. The summed E-state index contributed by atoms with van der Waals surface area (Å²) >= 11 is 1.56. The molecule has 3 heteroatoms. The largest absolute Gasteiger partial charge is 0.323 e. The van der Waals surface area contributed by atoms with Gasteiger partial charge in [0.25, 0.3) is 0 Å². The Hall–Kier alpha value is -1.19. The van der Waals surface area contributed by atoms with Gasteiger partial charge in [0.15, 0.2) is 0 Å². The summed E-state index contributed by atoms with van der Waals surface area (Å²) in [6.07, 6.45) is 0.773. The second-order valence-corrected chi connectivity index (χ2v) is 5.21. The molecule has 1 aromatic carbocycles. The Labute approximate surface area is 98.4 Å². The highest BCUT2D eigenvalue weighted by Crippen LogP contribution is 2.31. The molecule has 2 rings (SSSR count). The van der Waals surface area contributed by atoms with E-state index < -0.39 is 0 Å². The Bertz CT molecular complexity index is 530. The molecule has 0 bridgehead atoms. The number of hydrogen-bond acceptors (Lipinski definition) is 2. The van der Waals surface area contributed by atoms with E-state index in [1.807, 2.05) is 13.0 Å². The van der Waals surface area contributed by atoms with Gasteiger partial charge in [-0.2, -0.15) is 0 Å². The number of halogens is 1. The van der Waals surface area contributed by atoms with Crippen LogP contribution in [0.4, 0.5) is 4.39 Å². The molecule has 0 saturated heterocycles. The van der Waals surface area contributed by atoms with Gasteiger partial charge in [-0.1, -0.05) is 11.6 Å². The zero-order chi connectivity index (χ0) is 11.7. The highest BCUT2D eigenvalue weighted by Gasteiger charge is 2.10. The van der Waals surface area contributed by atoms with Gasteiger partial charge in [0.2, 0.25) is 0 Å². The lowest BCUT2D eigenvalue weighted by Gasteiger charge is -2.07. The van der Waals surface area contributed by atoms with Crippen molar-refractivity contribution >= 4 is 21.4 Å². The van der Waals surface area contributed by atoms with Gasteiger partial charge in [0, 0.05) is 15.6 Å². The molecule has 0 aliphatic rings. The fraction of sp³-hybridized carbons (Fsp3) is 0.231. The number of rotatable bonds is 3. The summed E-state index contributed by atoms with van der Waals surface area (Å²) < 4.78 is 14.0. The summed E-state index contributed by atoms with van der Waals surface area (Å²) in [5.41, 5.74) is 7.12. The normalized spacial score (nSPS) is 12.9. The lowest BCUT2D eigenvalue weighted by Crippen LogP contribution is -2.08. The average molecular weight is 235 g/mol. The third-order valence-corrected chi connectivity index (χ3v) is 3.66. The van der Waals surface area contributed by atoms with E-state index in [0.29, 0.717) is 0 Å². The Morgan fingerprint density at radius 1 is 1.50 bits per heavy atom. The van der Waals surface area contributed by atoms with E-state index in [1.54, 1.807) is 23.5 Å². The van der Waals surface area contributed by atoms with Crippen molar-refractivity contribution in [3.05, 3.63) is 47.1 Å². The number of hydrogen-bond donors (Lipinski definition) is 1. The first-order valence-electron chi connectivity index (χ1n) is 5.15. The van der Waals surface area contributed by atoms with Crippen LogP contribution in [0.25, 0.3) is 10.1 Å². The molecular formula is C13H14FNS. The van der Waals surface area contributed by atoms with E-state index in [1.165, 1.54) is 6.07 Å². The summed E-state index contributed by atoms with van der Waals surface area (Å²) in [6.45, 7) is 5.82. The van der Waals surface area contributed by atoms with Crippen LogP contribution < -0.4 is 5.73 Å². The summed E-state index contributed by atoms with van der Waals surface area (Å²) in [7, 11) is 0. The van der Waals surface area contributed by atoms with Crippen LogP contribution in [-0.4, -0.2) is 0 Å². The van der Waals surface area contributed by atoms with Crippen molar-refractivity contribution in [2.45, 2.75) is 19.4 Å². The molecule has 0 amide bonds. The predicted molar refractivity (Wildman–Crippen MR) is 68.1 cm³/mol. The third kappa shape index (κ3) is 2.31. The first kappa shape index (κ1) is 11.3. The minimum absolute atomic E-state index is 0.0297. The number of fused-ring (bicyclic) bond motifs is 1. The molecule has 0 aliphatic heterocycles. The highest BCUT2D eigenvalue weighted by atomic mass is 32.1.